The molecule has 282 valence electrons. The van der Waals surface area contributed by atoms with Crippen LogP contribution in [0.15, 0.2) is 59.7 Å². The van der Waals surface area contributed by atoms with E-state index in [2.05, 4.69) is 25.4 Å². The van der Waals surface area contributed by atoms with Crippen molar-refractivity contribution in [2.75, 3.05) is 18.4 Å². The Kier molecular flexibility index (Phi) is 8.60. The molecule has 1 atom stereocenters. The van der Waals surface area contributed by atoms with E-state index in [0.29, 0.717) is 11.3 Å². The second-order valence-electron chi connectivity index (χ2n) is 13.6. The van der Waals surface area contributed by atoms with Crippen LogP contribution in [0.3, 0.4) is 0 Å². The summed E-state index contributed by atoms with van der Waals surface area (Å²) in [6.07, 6.45) is -3.79. The molecular formula is C37H31ClF3N9O5. The fourth-order valence-electron chi connectivity index (χ4n) is 7.36. The van der Waals surface area contributed by atoms with Crippen LogP contribution in [0.25, 0.3) is 28.1 Å². The van der Waals surface area contributed by atoms with E-state index in [1.54, 1.807) is 19.9 Å². The van der Waals surface area contributed by atoms with Gasteiger partial charge in [0.05, 0.1) is 44.8 Å². The van der Waals surface area contributed by atoms with Gasteiger partial charge in [-0.05, 0) is 76.1 Å². The van der Waals surface area contributed by atoms with Gasteiger partial charge in [0.1, 0.15) is 18.5 Å². The van der Waals surface area contributed by atoms with Gasteiger partial charge >= 0.3 is 6.18 Å². The number of aromatic nitrogens is 7. The minimum atomic E-state index is -4.63. The molecule has 0 aliphatic carbocycles. The van der Waals surface area contributed by atoms with Crippen molar-refractivity contribution in [2.24, 2.45) is 0 Å². The molecule has 0 bridgehead atoms. The zero-order valence-electron chi connectivity index (χ0n) is 29.5. The molecule has 0 radical (unpaired) electrons. The average molecular weight is 774 g/mol. The van der Waals surface area contributed by atoms with Crippen LogP contribution in [0.2, 0.25) is 5.02 Å². The Bertz CT molecular complexity index is 2640. The van der Waals surface area contributed by atoms with Crippen LogP contribution in [0.5, 0.6) is 5.75 Å². The van der Waals surface area contributed by atoms with Crippen molar-refractivity contribution in [3.63, 3.8) is 0 Å². The van der Waals surface area contributed by atoms with E-state index in [9.17, 15) is 32.7 Å². The summed E-state index contributed by atoms with van der Waals surface area (Å²) in [6, 6.07) is 11.8. The lowest BCUT2D eigenvalue weighted by Gasteiger charge is -2.39. The van der Waals surface area contributed by atoms with Crippen molar-refractivity contribution < 1.29 is 32.6 Å². The smallest absolute Gasteiger partial charge is 0.416 e. The molecule has 1 fully saturated rings. The Hall–Kier alpha value is -5.94. The number of rotatable bonds is 5. The van der Waals surface area contributed by atoms with E-state index in [1.807, 2.05) is 31.2 Å². The van der Waals surface area contributed by atoms with Gasteiger partial charge in [-0.25, -0.2) is 9.97 Å². The standard InChI is InChI=1S/C37H31ClF3N9O5/c1-18-4-5-21-14-22(6-8-25(21)44-18)32-46-35-49(16-27(51)45-26-9-7-23(15-24(26)38)37(39,40)41)30-20(3)55-36(28(30)33(53)50(35)47-32)10-12-48(13-11-36)34(54)29-31(52)19(2)42-17-43-29/h4-9,14-15,17,20,52H,10-13,16H2,1-3H3,(H,45,51). The van der Waals surface area contributed by atoms with Gasteiger partial charge in [0.25, 0.3) is 11.5 Å². The number of anilines is 1. The molecule has 2 aromatic carbocycles. The molecule has 2 aliphatic heterocycles. The lowest BCUT2D eigenvalue weighted by molar-refractivity contribution is -0.137. The normalized spacial score (nSPS) is 16.6. The van der Waals surface area contributed by atoms with Gasteiger partial charge < -0.3 is 24.6 Å². The van der Waals surface area contributed by atoms with Gasteiger partial charge in [-0.3, -0.25) is 19.4 Å². The molecule has 6 aromatic rings. The summed E-state index contributed by atoms with van der Waals surface area (Å²) >= 11 is 6.16. The van der Waals surface area contributed by atoms with Crippen molar-refractivity contribution in [3.8, 4) is 17.1 Å². The van der Waals surface area contributed by atoms with Crippen LogP contribution in [0, 0.1) is 13.8 Å². The number of alkyl halides is 3. The minimum Gasteiger partial charge on any atom is -0.504 e. The molecular weight excluding hydrogens is 743 g/mol. The van der Waals surface area contributed by atoms with Crippen molar-refractivity contribution in [1.82, 2.24) is 39.0 Å². The maximum Gasteiger partial charge on any atom is 0.416 e. The molecule has 6 heterocycles. The number of carbonyl (C=O) groups excluding carboxylic acids is 2. The second-order valence-corrected chi connectivity index (χ2v) is 14.0. The van der Waals surface area contributed by atoms with Crippen LogP contribution in [-0.4, -0.2) is 69.0 Å². The van der Waals surface area contributed by atoms with Crippen LogP contribution in [0.4, 0.5) is 18.9 Å². The van der Waals surface area contributed by atoms with Crippen molar-refractivity contribution in [1.29, 1.82) is 0 Å². The number of carbonyl (C=O) groups is 2. The Morgan fingerprint density at radius 2 is 1.82 bits per heavy atom. The molecule has 14 nitrogen and oxygen atoms in total. The number of benzene rings is 2. The number of aromatic hydroxyl groups is 1. The van der Waals surface area contributed by atoms with Crippen molar-refractivity contribution >= 4 is 45.8 Å². The van der Waals surface area contributed by atoms with Gasteiger partial charge in [0.2, 0.25) is 11.7 Å². The summed E-state index contributed by atoms with van der Waals surface area (Å²) in [7, 11) is 0. The Labute approximate surface area is 314 Å². The number of likely N-dealkylation sites (tertiary alicyclic amines) is 1. The molecule has 0 saturated carbocycles. The lowest BCUT2D eigenvalue weighted by Crippen LogP contribution is -2.47. The molecule has 2 N–H and O–H groups in total. The molecule has 4 aromatic heterocycles. The second kappa shape index (κ2) is 13.1. The van der Waals surface area contributed by atoms with Gasteiger partial charge in [-0.1, -0.05) is 17.7 Å². The Balaban J connectivity index is 1.20. The van der Waals surface area contributed by atoms with E-state index in [1.165, 1.54) is 15.8 Å². The Morgan fingerprint density at radius 1 is 1.05 bits per heavy atom. The molecule has 2 aliphatic rings. The maximum atomic E-state index is 14.6. The average Bonchev–Trinajstić information content (AvgIpc) is 3.71. The van der Waals surface area contributed by atoms with Crippen molar-refractivity contribution in [3.05, 3.63) is 104 Å². The number of aryl methyl sites for hydroxylation is 2. The number of amides is 2. The largest absolute Gasteiger partial charge is 0.504 e. The fraction of sp³-hybridized carbons (Fsp3) is 0.297. The maximum absolute atomic E-state index is 14.6. The number of fused-ring (bicyclic) bond motifs is 4. The zero-order chi connectivity index (χ0) is 39.0. The van der Waals surface area contributed by atoms with Gasteiger partial charge in [0.15, 0.2) is 17.3 Å². The Morgan fingerprint density at radius 3 is 2.55 bits per heavy atom. The first-order valence-electron chi connectivity index (χ1n) is 17.2. The summed E-state index contributed by atoms with van der Waals surface area (Å²) in [5.41, 5.74) is 0.200. The number of piperidine rings is 1. The highest BCUT2D eigenvalue weighted by Gasteiger charge is 2.50. The fourth-order valence-corrected chi connectivity index (χ4v) is 7.59. The number of halogens is 4. The molecule has 2 amide bonds. The third-order valence-corrected chi connectivity index (χ3v) is 10.4. The number of pyridine rings is 1. The summed E-state index contributed by atoms with van der Waals surface area (Å²) in [5.74, 6) is -1.25. The van der Waals surface area contributed by atoms with E-state index < -0.39 is 47.4 Å². The first-order valence-corrected chi connectivity index (χ1v) is 17.6. The third-order valence-electron chi connectivity index (χ3n) is 10.1. The highest BCUT2D eigenvalue weighted by Crippen LogP contribution is 2.48. The summed E-state index contributed by atoms with van der Waals surface area (Å²) in [6.45, 7) is 5.02. The zero-order valence-corrected chi connectivity index (χ0v) is 30.2. The molecule has 1 spiro atoms. The first kappa shape index (κ1) is 36.1. The molecule has 1 unspecified atom stereocenters. The minimum absolute atomic E-state index is 0.0317. The summed E-state index contributed by atoms with van der Waals surface area (Å²) in [4.78, 5) is 60.4. The lowest BCUT2D eigenvalue weighted by atomic mass is 9.85. The molecule has 1 saturated heterocycles. The van der Waals surface area contributed by atoms with Gasteiger partial charge in [-0.15, -0.1) is 5.10 Å². The van der Waals surface area contributed by atoms with Crippen LogP contribution in [-0.2, 0) is 27.9 Å². The highest BCUT2D eigenvalue weighted by molar-refractivity contribution is 6.33. The van der Waals surface area contributed by atoms with Gasteiger partial charge in [0, 0.05) is 29.7 Å². The quantitative estimate of drug-likeness (QED) is 0.220. The molecule has 8 rings (SSSR count). The third kappa shape index (κ3) is 6.22. The predicted octanol–water partition coefficient (Wildman–Crippen LogP) is 5.75. The SMILES string of the molecule is Cc1ccc2cc(-c3nc4n(CC(=O)Nc5ccc(C(F)(F)F)cc5Cl)c5c(c(=O)n4n3)C3(CCN(C(=O)c4ncnc(C)c4O)CC3)OC5C)ccc2n1. The van der Waals surface area contributed by atoms with E-state index in [4.69, 9.17) is 21.3 Å². The summed E-state index contributed by atoms with van der Waals surface area (Å²) in [5, 5.41) is 18.2. The van der Waals surface area contributed by atoms with E-state index in [0.717, 1.165) is 39.3 Å². The predicted molar refractivity (Wildman–Crippen MR) is 193 cm³/mol. The van der Waals surface area contributed by atoms with Gasteiger partial charge in [-0.2, -0.15) is 22.7 Å². The summed E-state index contributed by atoms with van der Waals surface area (Å²) < 4.78 is 49.1. The topological polar surface area (TPSA) is 170 Å². The first-order chi connectivity index (χ1) is 26.1. The number of hydrogen-bond donors (Lipinski definition) is 2. The monoisotopic (exact) mass is 773 g/mol. The van der Waals surface area contributed by atoms with E-state index >= 15 is 0 Å². The van der Waals surface area contributed by atoms with Crippen molar-refractivity contribution in [2.45, 2.75) is 58.0 Å². The highest BCUT2D eigenvalue weighted by atomic mass is 35.5. The number of nitrogens with zero attached hydrogens (tertiary/aromatic N) is 8. The number of hydrogen-bond acceptors (Lipinski definition) is 10. The van der Waals surface area contributed by atoms with Crippen LogP contribution < -0.4 is 10.9 Å². The number of nitrogens with one attached hydrogen (secondary N) is 1. The van der Waals surface area contributed by atoms with Crippen LogP contribution >= 0.6 is 11.6 Å². The van der Waals surface area contributed by atoms with Crippen LogP contribution in [0.1, 0.15) is 64.6 Å². The molecule has 55 heavy (non-hydrogen) atoms. The number of ether oxygens (including phenoxy) is 1. The van der Waals surface area contributed by atoms with E-state index in [-0.39, 0.29) is 70.9 Å². The molecule has 18 heteroatoms.